The molecule has 3 heterocycles. The van der Waals surface area contributed by atoms with Gasteiger partial charge in [0.1, 0.15) is 5.75 Å². The number of nitrogens with zero attached hydrogens (tertiary/aromatic N) is 1. The quantitative estimate of drug-likeness (QED) is 0.866. The van der Waals surface area contributed by atoms with E-state index >= 15 is 0 Å². The van der Waals surface area contributed by atoms with Gasteiger partial charge in [0.05, 0.1) is 24.4 Å². The monoisotopic (exact) mass is 370 g/mol. The Kier molecular flexibility index (Phi) is 4.40. The predicted molar refractivity (Wildman–Crippen MR) is 103 cm³/mol. The first-order chi connectivity index (χ1) is 13.2. The Bertz CT molecular complexity index is 717. The number of methoxy groups -OCH3 is 1. The number of amides is 1. The molecule has 3 aliphatic heterocycles. The number of rotatable bonds is 5. The van der Waals surface area contributed by atoms with Crippen molar-refractivity contribution in [2.45, 2.75) is 56.3 Å². The number of benzene rings is 1. The summed E-state index contributed by atoms with van der Waals surface area (Å²) in [4.78, 5) is 15.4. The van der Waals surface area contributed by atoms with Crippen LogP contribution in [0.5, 0.6) is 5.75 Å². The van der Waals surface area contributed by atoms with Gasteiger partial charge in [0.25, 0.3) is 5.91 Å². The molecule has 5 heteroatoms. The van der Waals surface area contributed by atoms with Crippen molar-refractivity contribution in [3.63, 3.8) is 0 Å². The molecular formula is C22H30N2O3. The molecule has 1 aromatic carbocycles. The van der Waals surface area contributed by atoms with E-state index in [9.17, 15) is 4.79 Å². The first-order valence-corrected chi connectivity index (χ1v) is 10.5. The molecule has 4 aliphatic rings. The number of carbonyl (C=O) groups is 1. The van der Waals surface area contributed by atoms with Crippen molar-refractivity contribution >= 4 is 5.91 Å². The molecule has 27 heavy (non-hydrogen) atoms. The molecule has 4 atom stereocenters. The normalized spacial score (nSPS) is 35.5. The third-order valence-corrected chi connectivity index (χ3v) is 7.50. The van der Waals surface area contributed by atoms with E-state index in [2.05, 4.69) is 10.2 Å². The highest BCUT2D eigenvalue weighted by Gasteiger charge is 2.63. The largest absolute Gasteiger partial charge is 0.496 e. The van der Waals surface area contributed by atoms with E-state index in [0.717, 1.165) is 25.6 Å². The molecule has 0 radical (unpaired) electrons. The van der Waals surface area contributed by atoms with Gasteiger partial charge in [-0.05, 0) is 37.8 Å². The fourth-order valence-corrected chi connectivity index (χ4v) is 6.19. The van der Waals surface area contributed by atoms with Gasteiger partial charge in [-0.25, -0.2) is 0 Å². The second kappa shape index (κ2) is 6.78. The highest BCUT2D eigenvalue weighted by Crippen LogP contribution is 2.55. The van der Waals surface area contributed by atoms with Crippen LogP contribution in [0.2, 0.25) is 0 Å². The lowest BCUT2D eigenvalue weighted by atomic mass is 9.73. The number of hydrogen-bond acceptors (Lipinski definition) is 4. The summed E-state index contributed by atoms with van der Waals surface area (Å²) in [5.41, 5.74) is 0.672. The van der Waals surface area contributed by atoms with E-state index in [1.54, 1.807) is 7.11 Å². The van der Waals surface area contributed by atoms with Crippen molar-refractivity contribution in [2.24, 2.45) is 11.8 Å². The summed E-state index contributed by atoms with van der Waals surface area (Å²) in [5, 5.41) is 3.18. The molecule has 2 bridgehead atoms. The maximum atomic E-state index is 12.7. The number of ether oxygens (including phenoxy) is 2. The summed E-state index contributed by atoms with van der Waals surface area (Å²) in [6.45, 7) is 2.96. The number of likely N-dealkylation sites (tertiary alicyclic amines) is 1. The van der Waals surface area contributed by atoms with Gasteiger partial charge in [0.2, 0.25) is 0 Å². The molecule has 1 N–H and O–H groups in total. The van der Waals surface area contributed by atoms with Crippen LogP contribution in [0.4, 0.5) is 0 Å². The van der Waals surface area contributed by atoms with E-state index in [-0.39, 0.29) is 11.5 Å². The summed E-state index contributed by atoms with van der Waals surface area (Å²) in [5.74, 6) is 1.58. The van der Waals surface area contributed by atoms with Crippen LogP contribution in [-0.2, 0) is 4.74 Å². The van der Waals surface area contributed by atoms with Crippen LogP contribution in [0.1, 0.15) is 48.9 Å². The number of carbonyl (C=O) groups excluding carboxylic acids is 1. The SMILES string of the molecule is COc1ccccc1C(=O)NC[C@H]1[C@H]2CN(C3CCCC3)C[C@]23CC[C@H]1O3. The van der Waals surface area contributed by atoms with Crippen molar-refractivity contribution in [3.8, 4) is 5.75 Å². The van der Waals surface area contributed by atoms with Crippen LogP contribution < -0.4 is 10.1 Å². The Morgan fingerprint density at radius 3 is 2.93 bits per heavy atom. The fourth-order valence-electron chi connectivity index (χ4n) is 6.19. The van der Waals surface area contributed by atoms with Crippen LogP contribution in [0, 0.1) is 11.8 Å². The van der Waals surface area contributed by atoms with Crippen molar-refractivity contribution < 1.29 is 14.3 Å². The fraction of sp³-hybridized carbons (Fsp3) is 0.682. The standard InChI is InChI=1S/C22H30N2O3/c1-26-19-9-5-4-8-16(19)21(25)23-12-17-18-13-24(15-6-2-3-7-15)14-22(18)11-10-20(17)27-22/h4-5,8-9,15,17-18,20H,2-3,6-7,10-14H2,1H3,(H,23,25)/t17-,18+,20+,22+/m0/s1. The number of para-hydroxylation sites is 1. The van der Waals surface area contributed by atoms with Crippen LogP contribution in [-0.4, -0.2) is 55.3 Å². The Hall–Kier alpha value is -1.59. The molecule has 1 saturated carbocycles. The minimum Gasteiger partial charge on any atom is -0.496 e. The van der Waals surface area contributed by atoms with E-state index < -0.39 is 0 Å². The molecule has 5 rings (SSSR count). The third-order valence-electron chi connectivity index (χ3n) is 7.50. The minimum absolute atomic E-state index is 0.0464. The highest BCUT2D eigenvalue weighted by molar-refractivity contribution is 5.96. The van der Waals surface area contributed by atoms with Gasteiger partial charge in [-0.1, -0.05) is 25.0 Å². The van der Waals surface area contributed by atoms with Crippen molar-refractivity contribution in [1.82, 2.24) is 10.2 Å². The van der Waals surface area contributed by atoms with Gasteiger partial charge in [-0.15, -0.1) is 0 Å². The summed E-state index contributed by atoms with van der Waals surface area (Å²) < 4.78 is 11.9. The molecule has 0 aromatic heterocycles. The lowest BCUT2D eigenvalue weighted by Crippen LogP contribution is -2.42. The average molecular weight is 370 g/mol. The molecule has 146 valence electrons. The van der Waals surface area contributed by atoms with E-state index in [1.165, 1.54) is 32.1 Å². The molecule has 5 nitrogen and oxygen atoms in total. The van der Waals surface area contributed by atoms with Gasteiger partial charge in [0.15, 0.2) is 0 Å². The second-order valence-corrected chi connectivity index (χ2v) is 8.81. The van der Waals surface area contributed by atoms with Crippen LogP contribution in [0.25, 0.3) is 0 Å². The van der Waals surface area contributed by atoms with Crippen LogP contribution in [0.3, 0.4) is 0 Å². The topological polar surface area (TPSA) is 50.8 Å². The van der Waals surface area contributed by atoms with Gasteiger partial charge in [0, 0.05) is 37.5 Å². The van der Waals surface area contributed by atoms with Gasteiger partial charge >= 0.3 is 0 Å². The lowest BCUT2D eigenvalue weighted by Gasteiger charge is -2.29. The summed E-state index contributed by atoms with van der Waals surface area (Å²) in [6.07, 6.45) is 8.11. The van der Waals surface area contributed by atoms with Crippen molar-refractivity contribution in [3.05, 3.63) is 29.8 Å². The van der Waals surface area contributed by atoms with Gasteiger partial charge < -0.3 is 14.8 Å². The number of fused-ring (bicyclic) bond motifs is 1. The molecule has 4 fully saturated rings. The molecule has 1 amide bonds. The Labute approximate surface area is 161 Å². The molecule has 1 aromatic rings. The van der Waals surface area contributed by atoms with Crippen LogP contribution in [0.15, 0.2) is 24.3 Å². The van der Waals surface area contributed by atoms with E-state index in [4.69, 9.17) is 9.47 Å². The Balaban J connectivity index is 1.26. The lowest BCUT2D eigenvalue weighted by molar-refractivity contribution is -0.000874. The molecular weight excluding hydrogens is 340 g/mol. The number of nitrogens with one attached hydrogen (secondary N) is 1. The summed E-state index contributed by atoms with van der Waals surface area (Å²) in [7, 11) is 1.61. The summed E-state index contributed by atoms with van der Waals surface area (Å²) >= 11 is 0. The maximum Gasteiger partial charge on any atom is 0.255 e. The maximum absolute atomic E-state index is 12.7. The van der Waals surface area contributed by atoms with Crippen molar-refractivity contribution in [1.29, 1.82) is 0 Å². The zero-order valence-corrected chi connectivity index (χ0v) is 16.2. The predicted octanol–water partition coefficient (Wildman–Crippen LogP) is 2.85. The molecule has 1 aliphatic carbocycles. The van der Waals surface area contributed by atoms with Gasteiger partial charge in [-0.2, -0.15) is 0 Å². The van der Waals surface area contributed by atoms with E-state index in [1.807, 2.05) is 24.3 Å². The molecule has 1 spiro atoms. The highest BCUT2D eigenvalue weighted by atomic mass is 16.5. The smallest absolute Gasteiger partial charge is 0.255 e. The molecule has 0 unspecified atom stereocenters. The first-order valence-electron chi connectivity index (χ1n) is 10.5. The van der Waals surface area contributed by atoms with E-state index in [0.29, 0.717) is 35.8 Å². The Morgan fingerprint density at radius 2 is 2.11 bits per heavy atom. The summed E-state index contributed by atoms with van der Waals surface area (Å²) in [6, 6.07) is 8.19. The van der Waals surface area contributed by atoms with Crippen molar-refractivity contribution in [2.75, 3.05) is 26.7 Å². The zero-order valence-electron chi connectivity index (χ0n) is 16.2. The van der Waals surface area contributed by atoms with Crippen LogP contribution >= 0.6 is 0 Å². The number of hydrogen-bond donors (Lipinski definition) is 1. The molecule has 3 saturated heterocycles. The second-order valence-electron chi connectivity index (χ2n) is 8.81. The average Bonchev–Trinajstić information content (AvgIpc) is 3.46. The first kappa shape index (κ1) is 17.5. The zero-order chi connectivity index (χ0) is 18.4. The van der Waals surface area contributed by atoms with Gasteiger partial charge in [-0.3, -0.25) is 9.69 Å². The Morgan fingerprint density at radius 1 is 1.30 bits per heavy atom. The third kappa shape index (κ3) is 2.87. The minimum atomic E-state index is -0.0464.